The van der Waals surface area contributed by atoms with Gasteiger partial charge in [0, 0.05) is 0 Å². The maximum Gasteiger partial charge on any atom is 0.262 e. The number of anilines is 2. The van der Waals surface area contributed by atoms with Crippen LogP contribution >= 0.6 is 34.8 Å². The largest absolute Gasteiger partial charge is 0.484 e. The topological polar surface area (TPSA) is 117 Å². The van der Waals surface area contributed by atoms with Gasteiger partial charge in [0.15, 0.2) is 6.61 Å². The first kappa shape index (κ1) is 28.3. The summed E-state index contributed by atoms with van der Waals surface area (Å²) in [4.78, 5) is 24.4. The lowest BCUT2D eigenvalue weighted by Crippen LogP contribution is -2.39. The van der Waals surface area contributed by atoms with Crippen molar-refractivity contribution in [2.45, 2.75) is 0 Å². The number of halogens is 3. The fraction of sp³-hybridized carbons (Fsp3) is 0.125. The van der Waals surface area contributed by atoms with Crippen molar-refractivity contribution in [1.29, 1.82) is 0 Å². The van der Waals surface area contributed by atoms with Crippen LogP contribution in [-0.4, -0.2) is 45.9 Å². The molecule has 0 aliphatic carbocycles. The molecular weight excluding hydrogens is 563 g/mol. The lowest BCUT2D eigenvalue weighted by Gasteiger charge is -2.22. The summed E-state index contributed by atoms with van der Waals surface area (Å²) in [6.45, 7) is -0.776. The summed E-state index contributed by atoms with van der Waals surface area (Å²) < 4.78 is 30.7. The molecule has 0 aromatic heterocycles. The number of nitrogens with one attached hydrogen (secondary N) is 2. The van der Waals surface area contributed by atoms with E-state index in [1.54, 1.807) is 48.5 Å². The molecule has 3 aromatic rings. The molecule has 2 amide bonds. The molecule has 0 aliphatic rings. The van der Waals surface area contributed by atoms with Gasteiger partial charge in [0.05, 0.1) is 38.9 Å². The fourth-order valence-electron chi connectivity index (χ4n) is 2.96. The van der Waals surface area contributed by atoms with Crippen molar-refractivity contribution in [1.82, 2.24) is 5.43 Å². The molecule has 0 saturated carbocycles. The summed E-state index contributed by atoms with van der Waals surface area (Å²) in [6.07, 6.45) is 2.31. The number of benzene rings is 3. The van der Waals surface area contributed by atoms with Crippen LogP contribution in [0, 0.1) is 0 Å². The SMILES string of the molecule is CS(=O)(=O)N(CC(=O)N/N=C\c1ccc(OCC(=O)Nc2ccccc2Cl)cc1)c1cccc(Cl)c1Cl. The number of para-hydroxylation sites is 1. The Hall–Kier alpha value is -3.31. The first-order valence-corrected chi connectivity index (χ1v) is 13.5. The molecule has 3 rings (SSSR count). The van der Waals surface area contributed by atoms with Gasteiger partial charge in [0.2, 0.25) is 10.0 Å². The molecule has 37 heavy (non-hydrogen) atoms. The molecule has 2 N–H and O–H groups in total. The fourth-order valence-corrected chi connectivity index (χ4v) is 4.45. The average Bonchev–Trinajstić information content (AvgIpc) is 2.85. The van der Waals surface area contributed by atoms with E-state index in [9.17, 15) is 18.0 Å². The molecule has 0 aliphatic heterocycles. The van der Waals surface area contributed by atoms with Crippen LogP contribution in [0.5, 0.6) is 5.75 Å². The van der Waals surface area contributed by atoms with Crippen LogP contribution in [0.1, 0.15) is 5.56 Å². The average molecular weight is 584 g/mol. The number of amides is 2. The first-order chi connectivity index (χ1) is 17.5. The lowest BCUT2D eigenvalue weighted by atomic mass is 10.2. The number of sulfonamides is 1. The van der Waals surface area contributed by atoms with E-state index in [-0.39, 0.29) is 28.2 Å². The summed E-state index contributed by atoms with van der Waals surface area (Å²) in [6, 6.07) is 17.9. The standard InChI is InChI=1S/C24H21Cl3N4O5S/c1-37(34,35)31(21-8-4-6-19(26)24(21)27)14-22(32)30-28-13-16-9-11-17(12-10-16)36-15-23(33)29-20-7-3-2-5-18(20)25/h2-13H,14-15H2,1H3,(H,29,33)(H,30,32)/b28-13-. The van der Waals surface area contributed by atoms with Crippen LogP contribution in [0.3, 0.4) is 0 Å². The Bertz CT molecular complexity index is 1420. The number of ether oxygens (including phenoxy) is 1. The Labute approximate surface area is 229 Å². The number of hydrogen-bond donors (Lipinski definition) is 2. The first-order valence-electron chi connectivity index (χ1n) is 10.6. The highest BCUT2D eigenvalue weighted by molar-refractivity contribution is 7.92. The quantitative estimate of drug-likeness (QED) is 0.268. The number of hydrazone groups is 1. The Morgan fingerprint density at radius 3 is 2.30 bits per heavy atom. The highest BCUT2D eigenvalue weighted by Gasteiger charge is 2.23. The second-order valence-electron chi connectivity index (χ2n) is 7.52. The monoisotopic (exact) mass is 582 g/mol. The Morgan fingerprint density at radius 2 is 1.62 bits per heavy atom. The second kappa shape index (κ2) is 12.8. The van der Waals surface area contributed by atoms with Gasteiger partial charge in [-0.15, -0.1) is 0 Å². The number of nitrogens with zero attached hydrogens (tertiary/aromatic N) is 2. The number of carbonyl (C=O) groups excluding carboxylic acids is 2. The van der Waals surface area contributed by atoms with Crippen LogP contribution in [-0.2, 0) is 19.6 Å². The Balaban J connectivity index is 1.52. The van der Waals surface area contributed by atoms with Crippen LogP contribution in [0.15, 0.2) is 71.8 Å². The molecule has 0 saturated heterocycles. The number of hydrogen-bond acceptors (Lipinski definition) is 6. The van der Waals surface area contributed by atoms with Crippen molar-refractivity contribution < 1.29 is 22.7 Å². The molecule has 194 valence electrons. The molecule has 0 fully saturated rings. The van der Waals surface area contributed by atoms with E-state index in [2.05, 4.69) is 15.8 Å². The molecule has 0 heterocycles. The van der Waals surface area contributed by atoms with Gasteiger partial charge in [0.1, 0.15) is 12.3 Å². The minimum absolute atomic E-state index is 0.00884. The van der Waals surface area contributed by atoms with Gasteiger partial charge in [-0.25, -0.2) is 13.8 Å². The van der Waals surface area contributed by atoms with E-state index in [4.69, 9.17) is 39.5 Å². The van der Waals surface area contributed by atoms with Crippen molar-refractivity contribution >= 4 is 74.2 Å². The van der Waals surface area contributed by atoms with E-state index in [1.165, 1.54) is 24.4 Å². The normalized spacial score (nSPS) is 11.2. The highest BCUT2D eigenvalue weighted by atomic mass is 35.5. The van der Waals surface area contributed by atoms with Crippen LogP contribution in [0.2, 0.25) is 15.1 Å². The minimum atomic E-state index is -3.84. The van der Waals surface area contributed by atoms with Gasteiger partial charge in [-0.1, -0.05) is 53.0 Å². The smallest absolute Gasteiger partial charge is 0.262 e. The van der Waals surface area contributed by atoms with Crippen LogP contribution in [0.4, 0.5) is 11.4 Å². The van der Waals surface area contributed by atoms with Crippen molar-refractivity contribution in [3.8, 4) is 5.75 Å². The predicted molar refractivity (Wildman–Crippen MR) is 146 cm³/mol. The van der Waals surface area contributed by atoms with Gasteiger partial charge in [-0.3, -0.25) is 13.9 Å². The summed E-state index contributed by atoms with van der Waals surface area (Å²) in [5, 5.41) is 7.09. The van der Waals surface area contributed by atoms with Gasteiger partial charge in [-0.2, -0.15) is 5.10 Å². The summed E-state index contributed by atoms with van der Waals surface area (Å²) in [5.74, 6) is -0.622. The van der Waals surface area contributed by atoms with E-state index in [1.807, 2.05) is 0 Å². The number of carbonyl (C=O) groups is 2. The van der Waals surface area contributed by atoms with Crippen molar-refractivity contribution in [2.75, 3.05) is 29.0 Å². The minimum Gasteiger partial charge on any atom is -0.484 e. The molecule has 0 atom stereocenters. The van der Waals surface area contributed by atoms with E-state index in [0.717, 1.165) is 10.6 Å². The van der Waals surface area contributed by atoms with Gasteiger partial charge in [0.25, 0.3) is 11.8 Å². The maximum absolute atomic E-state index is 12.3. The summed E-state index contributed by atoms with van der Waals surface area (Å²) in [7, 11) is -3.84. The third kappa shape index (κ3) is 8.36. The van der Waals surface area contributed by atoms with Crippen molar-refractivity contribution in [2.24, 2.45) is 5.10 Å². The molecule has 0 radical (unpaired) electrons. The Kier molecular flexibility index (Phi) is 9.76. The van der Waals surface area contributed by atoms with E-state index >= 15 is 0 Å². The molecule has 13 heteroatoms. The van der Waals surface area contributed by atoms with E-state index < -0.39 is 22.5 Å². The van der Waals surface area contributed by atoms with Gasteiger partial charge >= 0.3 is 0 Å². The summed E-state index contributed by atoms with van der Waals surface area (Å²) >= 11 is 18.1. The molecule has 0 unspecified atom stereocenters. The lowest BCUT2D eigenvalue weighted by molar-refractivity contribution is -0.119. The predicted octanol–water partition coefficient (Wildman–Crippen LogP) is 4.58. The highest BCUT2D eigenvalue weighted by Crippen LogP contribution is 2.33. The molecule has 0 spiro atoms. The van der Waals surface area contributed by atoms with Gasteiger partial charge < -0.3 is 10.1 Å². The molecular formula is C24H21Cl3N4O5S. The van der Waals surface area contributed by atoms with E-state index in [0.29, 0.717) is 22.0 Å². The zero-order valence-electron chi connectivity index (χ0n) is 19.3. The zero-order chi connectivity index (χ0) is 27.0. The van der Waals surface area contributed by atoms with Crippen molar-refractivity contribution in [3.05, 3.63) is 87.4 Å². The molecule has 0 bridgehead atoms. The third-order valence-electron chi connectivity index (χ3n) is 4.69. The molecule has 3 aromatic carbocycles. The van der Waals surface area contributed by atoms with Crippen LogP contribution < -0.4 is 19.8 Å². The van der Waals surface area contributed by atoms with Crippen LogP contribution in [0.25, 0.3) is 0 Å². The second-order valence-corrected chi connectivity index (χ2v) is 10.6. The van der Waals surface area contributed by atoms with Crippen molar-refractivity contribution in [3.63, 3.8) is 0 Å². The summed E-state index contributed by atoms with van der Waals surface area (Å²) in [5.41, 5.74) is 3.45. The zero-order valence-corrected chi connectivity index (χ0v) is 22.4. The third-order valence-corrected chi connectivity index (χ3v) is 6.95. The Morgan fingerprint density at radius 1 is 0.946 bits per heavy atom. The maximum atomic E-state index is 12.3. The molecule has 9 nitrogen and oxygen atoms in total. The number of rotatable bonds is 10. The van der Waals surface area contributed by atoms with Gasteiger partial charge in [-0.05, 0) is 54.1 Å².